The van der Waals surface area contributed by atoms with Crippen molar-refractivity contribution in [3.63, 3.8) is 0 Å². The lowest BCUT2D eigenvalue weighted by Crippen LogP contribution is -2.42. The number of amides is 1. The molecule has 1 unspecified atom stereocenters. The fourth-order valence-corrected chi connectivity index (χ4v) is 3.49. The van der Waals surface area contributed by atoms with Crippen LogP contribution in [-0.4, -0.2) is 36.2 Å². The molecule has 0 N–H and O–H groups in total. The van der Waals surface area contributed by atoms with Crippen LogP contribution in [0.2, 0.25) is 5.02 Å². The zero-order chi connectivity index (χ0) is 23.8. The molecule has 2 rings (SSSR count). The van der Waals surface area contributed by atoms with Crippen molar-refractivity contribution >= 4 is 23.7 Å². The van der Waals surface area contributed by atoms with Gasteiger partial charge in [0.25, 0.3) is 0 Å². The molecule has 2 aromatic rings. The highest BCUT2D eigenvalue weighted by atomic mass is 35.5. The second kappa shape index (κ2) is 11.9. The molecule has 1 atom stereocenters. The van der Waals surface area contributed by atoms with E-state index in [1.165, 1.54) is 0 Å². The van der Waals surface area contributed by atoms with Crippen molar-refractivity contribution in [1.82, 2.24) is 4.90 Å². The maximum atomic E-state index is 13.2. The van der Waals surface area contributed by atoms with E-state index in [1.54, 1.807) is 23.1 Å². The van der Waals surface area contributed by atoms with Crippen molar-refractivity contribution in [3.8, 4) is 0 Å². The molecule has 0 saturated carbocycles. The van der Waals surface area contributed by atoms with Crippen molar-refractivity contribution in [2.24, 2.45) is 11.8 Å². The molecule has 0 fully saturated rings. The molecule has 2 aromatic carbocycles. The first kappa shape index (κ1) is 25.7. The van der Waals surface area contributed by atoms with Gasteiger partial charge in [-0.3, -0.25) is 4.90 Å². The average Bonchev–Trinajstić information content (AvgIpc) is 2.74. The van der Waals surface area contributed by atoms with Crippen LogP contribution in [0, 0.1) is 11.8 Å². The van der Waals surface area contributed by atoms with E-state index in [4.69, 9.17) is 21.1 Å². The maximum absolute atomic E-state index is 13.2. The minimum Gasteiger partial charge on any atom is -0.462 e. The van der Waals surface area contributed by atoms with Crippen LogP contribution >= 0.6 is 11.6 Å². The number of carbonyl (C=O) groups is 2. The monoisotopic (exact) mass is 459 g/mol. The lowest BCUT2D eigenvalue weighted by atomic mass is 9.92. The second-order valence-corrected chi connectivity index (χ2v) is 9.45. The lowest BCUT2D eigenvalue weighted by molar-refractivity contribution is 0.0449. The molecule has 0 spiro atoms. The summed E-state index contributed by atoms with van der Waals surface area (Å²) in [6.45, 7) is 12.4. The first-order valence-electron chi connectivity index (χ1n) is 11.1. The minimum absolute atomic E-state index is 0.185. The number of hydrogen-bond donors (Lipinski definition) is 0. The summed E-state index contributed by atoms with van der Waals surface area (Å²) in [5.74, 6) is -0.0543. The first-order valence-corrected chi connectivity index (χ1v) is 11.5. The van der Waals surface area contributed by atoms with E-state index in [9.17, 15) is 9.59 Å². The smallest absolute Gasteiger partial charge is 0.410 e. The summed E-state index contributed by atoms with van der Waals surface area (Å²) < 4.78 is 11.1. The van der Waals surface area contributed by atoms with Crippen LogP contribution in [0.5, 0.6) is 0 Å². The van der Waals surface area contributed by atoms with Crippen LogP contribution in [0.15, 0.2) is 48.5 Å². The number of carbonyl (C=O) groups excluding carboxylic acids is 2. The fourth-order valence-electron chi connectivity index (χ4n) is 3.32. The van der Waals surface area contributed by atoms with E-state index in [2.05, 4.69) is 0 Å². The Labute approximate surface area is 196 Å². The summed E-state index contributed by atoms with van der Waals surface area (Å²) in [5, 5.41) is 0.426. The topological polar surface area (TPSA) is 55.8 Å². The predicted molar refractivity (Wildman–Crippen MR) is 128 cm³/mol. The highest BCUT2D eigenvalue weighted by Crippen LogP contribution is 2.35. The highest BCUT2D eigenvalue weighted by Gasteiger charge is 2.33. The summed E-state index contributed by atoms with van der Waals surface area (Å²) in [5.41, 5.74) is 1.85. The van der Waals surface area contributed by atoms with Gasteiger partial charge in [-0.1, -0.05) is 75.7 Å². The van der Waals surface area contributed by atoms with Crippen LogP contribution in [0.4, 0.5) is 4.79 Å². The number of nitrogens with zero attached hydrogens (tertiary/aromatic N) is 1. The largest absolute Gasteiger partial charge is 0.462 e. The van der Waals surface area contributed by atoms with E-state index in [0.717, 1.165) is 5.56 Å². The Morgan fingerprint density at radius 3 is 2.03 bits per heavy atom. The number of benzene rings is 2. The summed E-state index contributed by atoms with van der Waals surface area (Å²) in [6.07, 6.45) is -0.431. The van der Waals surface area contributed by atoms with Crippen LogP contribution < -0.4 is 0 Å². The molecule has 0 saturated heterocycles. The molecule has 0 radical (unpaired) electrons. The summed E-state index contributed by atoms with van der Waals surface area (Å²) in [6, 6.07) is 14.0. The van der Waals surface area contributed by atoms with Crippen molar-refractivity contribution in [1.29, 1.82) is 0 Å². The third kappa shape index (κ3) is 6.99. The SMILES string of the molecule is CC(C)COC(=O)c1cc(Cl)ccc1C(c1ccccc1)N(C(=O)OCC(C)C)C(C)C. The zero-order valence-corrected chi connectivity index (χ0v) is 20.6. The average molecular weight is 460 g/mol. The van der Waals surface area contributed by atoms with Gasteiger partial charge in [0.15, 0.2) is 0 Å². The Morgan fingerprint density at radius 1 is 0.875 bits per heavy atom. The summed E-state index contributed by atoms with van der Waals surface area (Å²) in [7, 11) is 0. The first-order chi connectivity index (χ1) is 15.1. The van der Waals surface area contributed by atoms with Gasteiger partial charge >= 0.3 is 12.1 Å². The number of rotatable bonds is 9. The second-order valence-electron chi connectivity index (χ2n) is 9.01. The zero-order valence-electron chi connectivity index (χ0n) is 19.8. The van der Waals surface area contributed by atoms with Crippen molar-refractivity contribution in [3.05, 3.63) is 70.2 Å². The molecule has 0 bridgehead atoms. The summed E-state index contributed by atoms with van der Waals surface area (Å²) in [4.78, 5) is 27.9. The van der Waals surface area contributed by atoms with Gasteiger partial charge in [0.1, 0.15) is 0 Å². The molecule has 5 nitrogen and oxygen atoms in total. The Hall–Kier alpha value is -2.53. The van der Waals surface area contributed by atoms with Crippen molar-refractivity contribution in [2.45, 2.75) is 53.6 Å². The Bertz CT molecular complexity index is 896. The van der Waals surface area contributed by atoms with Crippen LogP contribution in [0.1, 0.15) is 69.1 Å². The molecular weight excluding hydrogens is 426 g/mol. The highest BCUT2D eigenvalue weighted by molar-refractivity contribution is 6.31. The molecule has 0 aromatic heterocycles. The van der Waals surface area contributed by atoms with Gasteiger partial charge < -0.3 is 9.47 Å². The van der Waals surface area contributed by atoms with E-state index in [-0.39, 0.29) is 17.9 Å². The van der Waals surface area contributed by atoms with Crippen LogP contribution in [-0.2, 0) is 9.47 Å². The van der Waals surface area contributed by atoms with Gasteiger partial charge in [-0.25, -0.2) is 9.59 Å². The summed E-state index contributed by atoms with van der Waals surface area (Å²) >= 11 is 6.25. The van der Waals surface area contributed by atoms with Gasteiger partial charge in [-0.2, -0.15) is 0 Å². The molecule has 0 aliphatic rings. The third-order valence-electron chi connectivity index (χ3n) is 4.78. The van der Waals surface area contributed by atoms with Crippen LogP contribution in [0.3, 0.4) is 0 Å². The molecule has 0 heterocycles. The predicted octanol–water partition coefficient (Wildman–Crippen LogP) is 6.75. The molecule has 1 amide bonds. The van der Waals surface area contributed by atoms with Gasteiger partial charge in [0, 0.05) is 11.1 Å². The van der Waals surface area contributed by atoms with Gasteiger partial charge in [0.05, 0.1) is 24.8 Å². The Balaban J connectivity index is 2.61. The molecule has 6 heteroatoms. The van der Waals surface area contributed by atoms with Gasteiger partial charge in [-0.05, 0) is 48.9 Å². The molecule has 0 aliphatic heterocycles. The fraction of sp³-hybridized carbons (Fsp3) is 0.462. The van der Waals surface area contributed by atoms with Crippen molar-refractivity contribution < 1.29 is 19.1 Å². The number of ether oxygens (including phenoxy) is 2. The van der Waals surface area contributed by atoms with E-state index < -0.39 is 18.1 Å². The Morgan fingerprint density at radius 2 is 1.47 bits per heavy atom. The molecule has 32 heavy (non-hydrogen) atoms. The lowest BCUT2D eigenvalue weighted by Gasteiger charge is -2.36. The number of esters is 1. The standard InChI is InChI=1S/C26H34ClNO4/c1-17(2)15-31-25(29)23-14-21(27)12-13-22(23)24(20-10-8-7-9-11-20)28(19(5)6)26(30)32-16-18(3)4/h7-14,17-19,24H,15-16H2,1-6H3. The Kier molecular flexibility index (Phi) is 9.58. The maximum Gasteiger partial charge on any atom is 0.410 e. The quantitative estimate of drug-likeness (QED) is 0.389. The van der Waals surface area contributed by atoms with Gasteiger partial charge in [-0.15, -0.1) is 0 Å². The van der Waals surface area contributed by atoms with E-state index in [1.807, 2.05) is 71.9 Å². The molecule has 0 aliphatic carbocycles. The van der Waals surface area contributed by atoms with Gasteiger partial charge in [0.2, 0.25) is 0 Å². The van der Waals surface area contributed by atoms with E-state index in [0.29, 0.717) is 29.4 Å². The molecule has 174 valence electrons. The minimum atomic E-state index is -0.547. The van der Waals surface area contributed by atoms with Crippen molar-refractivity contribution in [2.75, 3.05) is 13.2 Å². The van der Waals surface area contributed by atoms with Crippen LogP contribution in [0.25, 0.3) is 0 Å². The third-order valence-corrected chi connectivity index (χ3v) is 5.01. The number of halogens is 1. The van der Waals surface area contributed by atoms with E-state index >= 15 is 0 Å². The molecular formula is C26H34ClNO4. The number of hydrogen-bond acceptors (Lipinski definition) is 4. The normalized spacial score (nSPS) is 12.2.